The number of carbonyl (C=O) groups is 2. The molecule has 0 bridgehead atoms. The lowest BCUT2D eigenvalue weighted by Crippen LogP contribution is -2.38. The molecule has 1 aliphatic carbocycles. The summed E-state index contributed by atoms with van der Waals surface area (Å²) in [6, 6.07) is 18.3. The van der Waals surface area contributed by atoms with E-state index >= 15 is 0 Å². The molecule has 0 N–H and O–H groups in total. The lowest BCUT2D eigenvalue weighted by Gasteiger charge is -2.37. The Labute approximate surface area is 168 Å². The predicted molar refractivity (Wildman–Crippen MR) is 111 cm³/mol. The van der Waals surface area contributed by atoms with Crippen LogP contribution in [-0.2, 0) is 9.53 Å². The van der Waals surface area contributed by atoms with Crippen molar-refractivity contribution in [1.29, 1.82) is 0 Å². The van der Waals surface area contributed by atoms with Crippen molar-refractivity contribution >= 4 is 11.8 Å². The fraction of sp³-hybridized carbons (Fsp3) is 0.440. The lowest BCUT2D eigenvalue weighted by molar-refractivity contribution is -0.156. The van der Waals surface area contributed by atoms with Gasteiger partial charge in [-0.05, 0) is 36.2 Å². The third kappa shape index (κ3) is 4.70. The van der Waals surface area contributed by atoms with E-state index in [2.05, 4.69) is 20.8 Å². The van der Waals surface area contributed by atoms with Gasteiger partial charge >= 0.3 is 5.97 Å². The molecule has 3 nitrogen and oxygen atoms in total. The molecule has 0 unspecified atom stereocenters. The van der Waals surface area contributed by atoms with E-state index in [1.54, 1.807) is 12.1 Å². The Morgan fingerprint density at radius 2 is 1.54 bits per heavy atom. The number of benzene rings is 2. The molecule has 1 saturated carbocycles. The Balaban J connectivity index is 1.87. The number of ketones is 1. The summed E-state index contributed by atoms with van der Waals surface area (Å²) in [5, 5.41) is 0. The van der Waals surface area contributed by atoms with Crippen LogP contribution in [0.25, 0.3) is 0 Å². The molecule has 0 radical (unpaired) electrons. The highest BCUT2D eigenvalue weighted by atomic mass is 16.5. The van der Waals surface area contributed by atoms with Crippen LogP contribution in [0.4, 0.5) is 0 Å². The maximum Gasteiger partial charge on any atom is 0.321 e. The van der Waals surface area contributed by atoms with Crippen molar-refractivity contribution in [3.8, 4) is 0 Å². The van der Waals surface area contributed by atoms with Crippen LogP contribution in [-0.4, -0.2) is 17.9 Å². The Morgan fingerprint density at radius 1 is 0.929 bits per heavy atom. The van der Waals surface area contributed by atoms with Crippen LogP contribution in [0.5, 0.6) is 0 Å². The summed E-state index contributed by atoms with van der Waals surface area (Å²) in [6.45, 7) is 6.58. The number of hydrogen-bond acceptors (Lipinski definition) is 3. The summed E-state index contributed by atoms with van der Waals surface area (Å²) >= 11 is 0. The normalized spacial score (nSPS) is 23.2. The maximum absolute atomic E-state index is 13.3. The molecule has 0 heterocycles. The lowest BCUT2D eigenvalue weighted by atomic mass is 9.75. The summed E-state index contributed by atoms with van der Waals surface area (Å²) in [5.74, 6) is -0.221. The average Bonchev–Trinajstić information content (AvgIpc) is 2.69. The second-order valence-electron chi connectivity index (χ2n) is 8.38. The SMILES string of the molecule is CC(C)[C@H]1CC[C@@H](C)C[C@@H]1OC(=O)[C@H](C(=O)c1ccccc1)c1ccccc1. The molecule has 0 aliphatic heterocycles. The highest BCUT2D eigenvalue weighted by Crippen LogP contribution is 2.36. The highest BCUT2D eigenvalue weighted by molar-refractivity contribution is 6.13. The molecular formula is C25H30O3. The van der Waals surface area contributed by atoms with Gasteiger partial charge in [0, 0.05) is 5.56 Å². The second-order valence-corrected chi connectivity index (χ2v) is 8.38. The van der Waals surface area contributed by atoms with Crippen molar-refractivity contribution in [2.45, 2.75) is 52.1 Å². The Morgan fingerprint density at radius 3 is 2.14 bits per heavy atom. The second kappa shape index (κ2) is 9.18. The molecule has 2 aromatic carbocycles. The third-order valence-corrected chi connectivity index (χ3v) is 5.92. The fourth-order valence-electron chi connectivity index (χ4n) is 4.28. The highest BCUT2D eigenvalue weighted by Gasteiger charge is 2.37. The summed E-state index contributed by atoms with van der Waals surface area (Å²) in [5.41, 5.74) is 1.22. The molecule has 4 atom stereocenters. The first kappa shape index (κ1) is 20.3. The quantitative estimate of drug-likeness (QED) is 0.370. The Hall–Kier alpha value is -2.42. The predicted octanol–water partition coefficient (Wildman–Crippen LogP) is 5.66. The van der Waals surface area contributed by atoms with Gasteiger partial charge in [0.2, 0.25) is 0 Å². The van der Waals surface area contributed by atoms with Gasteiger partial charge in [0.25, 0.3) is 0 Å². The van der Waals surface area contributed by atoms with E-state index < -0.39 is 11.9 Å². The van der Waals surface area contributed by atoms with E-state index in [9.17, 15) is 9.59 Å². The molecule has 3 heteroatoms. The molecule has 148 valence electrons. The standard InChI is InChI=1S/C25H30O3/c1-17(2)21-15-14-18(3)16-22(21)28-25(27)23(19-10-6-4-7-11-19)24(26)20-12-8-5-9-13-20/h4-13,17-18,21-23H,14-16H2,1-3H3/t18-,21-,22+,23+/m1/s1. The molecule has 0 aromatic heterocycles. The molecule has 0 saturated heterocycles. The van der Waals surface area contributed by atoms with Gasteiger partial charge in [-0.25, -0.2) is 0 Å². The number of rotatable bonds is 6. The zero-order chi connectivity index (χ0) is 20.1. The minimum Gasteiger partial charge on any atom is -0.461 e. The molecular weight excluding hydrogens is 348 g/mol. The van der Waals surface area contributed by atoms with Crippen molar-refractivity contribution in [1.82, 2.24) is 0 Å². The van der Waals surface area contributed by atoms with Crippen LogP contribution < -0.4 is 0 Å². The smallest absolute Gasteiger partial charge is 0.321 e. The number of ether oxygens (including phenoxy) is 1. The molecule has 2 aromatic rings. The number of hydrogen-bond donors (Lipinski definition) is 0. The summed E-state index contributed by atoms with van der Waals surface area (Å²) in [6.07, 6.45) is 2.99. The first-order chi connectivity index (χ1) is 13.5. The first-order valence-electron chi connectivity index (χ1n) is 10.3. The minimum absolute atomic E-state index is 0.119. The van der Waals surface area contributed by atoms with Crippen molar-refractivity contribution < 1.29 is 14.3 Å². The van der Waals surface area contributed by atoms with Gasteiger partial charge in [-0.2, -0.15) is 0 Å². The Bertz CT molecular complexity index is 782. The van der Waals surface area contributed by atoms with E-state index in [0.29, 0.717) is 28.9 Å². The van der Waals surface area contributed by atoms with Crippen molar-refractivity contribution in [3.05, 3.63) is 71.8 Å². The van der Waals surface area contributed by atoms with E-state index in [1.807, 2.05) is 48.5 Å². The van der Waals surface area contributed by atoms with Crippen LogP contribution >= 0.6 is 0 Å². The summed E-state index contributed by atoms with van der Waals surface area (Å²) in [7, 11) is 0. The molecule has 1 aliphatic rings. The van der Waals surface area contributed by atoms with Gasteiger partial charge in [0.05, 0.1) is 0 Å². The van der Waals surface area contributed by atoms with Crippen LogP contribution in [0.3, 0.4) is 0 Å². The topological polar surface area (TPSA) is 43.4 Å². The van der Waals surface area contributed by atoms with Crippen LogP contribution in [0.1, 0.15) is 61.9 Å². The van der Waals surface area contributed by atoms with Gasteiger partial charge < -0.3 is 4.74 Å². The fourth-order valence-corrected chi connectivity index (χ4v) is 4.28. The van der Waals surface area contributed by atoms with E-state index in [0.717, 1.165) is 12.8 Å². The van der Waals surface area contributed by atoms with Gasteiger partial charge in [0.1, 0.15) is 12.0 Å². The monoisotopic (exact) mass is 378 g/mol. The molecule has 3 rings (SSSR count). The van der Waals surface area contributed by atoms with Crippen LogP contribution in [0.2, 0.25) is 0 Å². The maximum atomic E-state index is 13.3. The van der Waals surface area contributed by atoms with Crippen molar-refractivity contribution in [3.63, 3.8) is 0 Å². The number of Topliss-reactive ketones (excluding diaryl/α,β-unsaturated/α-hetero) is 1. The zero-order valence-corrected chi connectivity index (χ0v) is 17.0. The van der Waals surface area contributed by atoms with Crippen molar-refractivity contribution in [2.24, 2.45) is 17.8 Å². The molecule has 28 heavy (non-hydrogen) atoms. The van der Waals surface area contributed by atoms with Gasteiger partial charge in [-0.15, -0.1) is 0 Å². The Kier molecular flexibility index (Phi) is 6.66. The third-order valence-electron chi connectivity index (χ3n) is 5.92. The summed E-state index contributed by atoms with van der Waals surface area (Å²) in [4.78, 5) is 26.5. The summed E-state index contributed by atoms with van der Waals surface area (Å²) < 4.78 is 6.04. The van der Waals surface area contributed by atoms with Gasteiger partial charge in [-0.3, -0.25) is 9.59 Å². The van der Waals surface area contributed by atoms with Crippen LogP contribution in [0.15, 0.2) is 60.7 Å². The minimum atomic E-state index is -0.923. The van der Waals surface area contributed by atoms with Gasteiger partial charge in [0.15, 0.2) is 5.78 Å². The molecule has 1 fully saturated rings. The van der Waals surface area contributed by atoms with Gasteiger partial charge in [-0.1, -0.05) is 87.9 Å². The average molecular weight is 379 g/mol. The zero-order valence-electron chi connectivity index (χ0n) is 17.0. The van der Waals surface area contributed by atoms with E-state index in [4.69, 9.17) is 4.74 Å². The van der Waals surface area contributed by atoms with E-state index in [1.165, 1.54) is 6.42 Å². The van der Waals surface area contributed by atoms with Crippen molar-refractivity contribution in [2.75, 3.05) is 0 Å². The van der Waals surface area contributed by atoms with Crippen LogP contribution in [0, 0.1) is 17.8 Å². The largest absolute Gasteiger partial charge is 0.461 e. The van der Waals surface area contributed by atoms with E-state index in [-0.39, 0.29) is 11.9 Å². The first-order valence-corrected chi connectivity index (χ1v) is 10.3. The number of esters is 1. The molecule has 0 spiro atoms. The number of carbonyl (C=O) groups excluding carboxylic acids is 2. The molecule has 0 amide bonds.